The van der Waals surface area contributed by atoms with E-state index in [0.29, 0.717) is 23.7 Å². The van der Waals surface area contributed by atoms with Gasteiger partial charge in [-0.15, -0.1) is 0 Å². The lowest BCUT2D eigenvalue weighted by Gasteiger charge is -2.11. The number of anilines is 1. The Labute approximate surface area is 113 Å². The van der Waals surface area contributed by atoms with Crippen molar-refractivity contribution in [3.05, 3.63) is 29.8 Å². The third-order valence-electron chi connectivity index (χ3n) is 2.61. The number of carbonyl (C=O) groups is 2. The summed E-state index contributed by atoms with van der Waals surface area (Å²) in [4.78, 5) is 22.4. The molecule has 0 saturated heterocycles. The molecule has 0 aliphatic rings. The summed E-state index contributed by atoms with van der Waals surface area (Å²) in [5.74, 6) is -0.394. The number of carboxylic acid groups (broad SMARTS) is 1. The molecule has 0 aromatic heterocycles. The van der Waals surface area contributed by atoms with Crippen LogP contribution in [0.3, 0.4) is 0 Å². The van der Waals surface area contributed by atoms with Gasteiger partial charge in [-0.05, 0) is 24.0 Å². The van der Waals surface area contributed by atoms with Gasteiger partial charge in [-0.3, -0.25) is 4.79 Å². The van der Waals surface area contributed by atoms with Gasteiger partial charge in [0.1, 0.15) is 0 Å². The van der Waals surface area contributed by atoms with E-state index < -0.39 is 5.97 Å². The molecule has 3 N–H and O–H groups in total. The van der Waals surface area contributed by atoms with Gasteiger partial charge in [0.15, 0.2) is 0 Å². The van der Waals surface area contributed by atoms with E-state index in [0.717, 1.165) is 6.42 Å². The molecule has 0 unspecified atom stereocenters. The van der Waals surface area contributed by atoms with E-state index in [-0.39, 0.29) is 12.5 Å². The first-order valence-corrected chi connectivity index (χ1v) is 6.33. The molecule has 0 saturated carbocycles. The third kappa shape index (κ3) is 5.90. The van der Waals surface area contributed by atoms with Gasteiger partial charge in [-0.1, -0.05) is 32.0 Å². The van der Waals surface area contributed by atoms with E-state index in [1.165, 1.54) is 0 Å². The first-order valence-electron chi connectivity index (χ1n) is 6.33. The van der Waals surface area contributed by atoms with Crippen molar-refractivity contribution in [1.82, 2.24) is 5.32 Å². The number of amides is 2. The molecule has 5 heteroatoms. The minimum atomic E-state index is -0.922. The highest BCUT2D eigenvalue weighted by Gasteiger charge is 2.08. The maximum Gasteiger partial charge on any atom is 0.319 e. The van der Waals surface area contributed by atoms with Gasteiger partial charge in [0.25, 0.3) is 0 Å². The van der Waals surface area contributed by atoms with Crippen molar-refractivity contribution in [3.63, 3.8) is 0 Å². The maximum absolute atomic E-state index is 11.7. The SMILES string of the molecule is CC(C)CCNC(=O)Nc1ccccc1CC(=O)O. The maximum atomic E-state index is 11.7. The Kier molecular flexibility index (Phi) is 5.85. The predicted octanol–water partition coefficient (Wildman–Crippen LogP) is 2.48. The number of para-hydroxylation sites is 1. The number of rotatable bonds is 6. The zero-order valence-electron chi connectivity index (χ0n) is 11.3. The van der Waals surface area contributed by atoms with Gasteiger partial charge in [0.05, 0.1) is 6.42 Å². The highest BCUT2D eigenvalue weighted by atomic mass is 16.4. The standard InChI is InChI=1S/C14H20N2O3/c1-10(2)7-8-15-14(19)16-12-6-4-3-5-11(12)9-13(17)18/h3-6,10H,7-9H2,1-2H3,(H,17,18)(H2,15,16,19). The minimum absolute atomic E-state index is 0.109. The van der Waals surface area contributed by atoms with Crippen molar-refractivity contribution in [3.8, 4) is 0 Å². The van der Waals surface area contributed by atoms with Crippen molar-refractivity contribution in [2.45, 2.75) is 26.7 Å². The molecule has 104 valence electrons. The molecule has 0 heterocycles. The summed E-state index contributed by atoms with van der Waals surface area (Å²) in [6, 6.07) is 6.59. The summed E-state index contributed by atoms with van der Waals surface area (Å²) in [7, 11) is 0. The number of carbonyl (C=O) groups excluding carboxylic acids is 1. The molecule has 1 aromatic rings. The molecular formula is C14H20N2O3. The zero-order valence-corrected chi connectivity index (χ0v) is 11.3. The Balaban J connectivity index is 2.56. The van der Waals surface area contributed by atoms with Crippen LogP contribution in [0.4, 0.5) is 10.5 Å². The Hall–Kier alpha value is -2.04. The van der Waals surface area contributed by atoms with Gasteiger partial charge >= 0.3 is 12.0 Å². The van der Waals surface area contributed by atoms with Crippen molar-refractivity contribution < 1.29 is 14.7 Å². The van der Waals surface area contributed by atoms with E-state index in [2.05, 4.69) is 24.5 Å². The zero-order chi connectivity index (χ0) is 14.3. The van der Waals surface area contributed by atoms with Gasteiger partial charge in [0, 0.05) is 12.2 Å². The largest absolute Gasteiger partial charge is 0.481 e. The van der Waals surface area contributed by atoms with E-state index in [4.69, 9.17) is 5.11 Å². The molecule has 1 aromatic carbocycles. The van der Waals surface area contributed by atoms with Crippen molar-refractivity contribution in [2.24, 2.45) is 5.92 Å². The lowest BCUT2D eigenvalue weighted by molar-refractivity contribution is -0.136. The highest BCUT2D eigenvalue weighted by Crippen LogP contribution is 2.15. The molecule has 1 rings (SSSR count). The van der Waals surface area contributed by atoms with E-state index >= 15 is 0 Å². The van der Waals surface area contributed by atoms with E-state index in [1.54, 1.807) is 24.3 Å². The number of nitrogens with one attached hydrogen (secondary N) is 2. The second kappa shape index (κ2) is 7.41. The van der Waals surface area contributed by atoms with Gasteiger partial charge in [0.2, 0.25) is 0 Å². The second-order valence-electron chi connectivity index (χ2n) is 4.79. The van der Waals surface area contributed by atoms with Crippen LogP contribution in [-0.2, 0) is 11.2 Å². The molecule has 0 atom stereocenters. The third-order valence-corrected chi connectivity index (χ3v) is 2.61. The topological polar surface area (TPSA) is 78.4 Å². The molecule has 0 aliphatic carbocycles. The molecule has 0 radical (unpaired) electrons. The predicted molar refractivity (Wildman–Crippen MR) is 74.3 cm³/mol. The summed E-state index contributed by atoms with van der Waals surface area (Å²) in [6.07, 6.45) is 0.798. The fourth-order valence-electron chi connectivity index (χ4n) is 1.60. The quantitative estimate of drug-likeness (QED) is 0.738. The number of benzene rings is 1. The Bertz CT molecular complexity index is 444. The van der Waals surface area contributed by atoms with Crippen LogP contribution in [0, 0.1) is 5.92 Å². The monoisotopic (exact) mass is 264 g/mol. The summed E-state index contributed by atoms with van der Waals surface area (Å²) in [5.41, 5.74) is 1.13. The van der Waals surface area contributed by atoms with Gasteiger partial charge < -0.3 is 15.7 Å². The van der Waals surface area contributed by atoms with Crippen LogP contribution in [0.15, 0.2) is 24.3 Å². The second-order valence-corrected chi connectivity index (χ2v) is 4.79. The molecule has 19 heavy (non-hydrogen) atoms. The molecular weight excluding hydrogens is 244 g/mol. The normalized spacial score (nSPS) is 10.3. The fourth-order valence-corrected chi connectivity index (χ4v) is 1.60. The lowest BCUT2D eigenvalue weighted by atomic mass is 10.1. The number of hydrogen-bond donors (Lipinski definition) is 3. The summed E-state index contributed by atoms with van der Waals surface area (Å²) in [6.45, 7) is 4.77. The average molecular weight is 264 g/mol. The summed E-state index contributed by atoms with van der Waals surface area (Å²) in [5, 5.41) is 14.2. The lowest BCUT2D eigenvalue weighted by Crippen LogP contribution is -2.30. The van der Waals surface area contributed by atoms with Crippen LogP contribution in [0.2, 0.25) is 0 Å². The Morgan fingerprint density at radius 2 is 1.95 bits per heavy atom. The van der Waals surface area contributed by atoms with Crippen molar-refractivity contribution >= 4 is 17.7 Å². The Morgan fingerprint density at radius 1 is 1.26 bits per heavy atom. The van der Waals surface area contributed by atoms with Gasteiger partial charge in [-0.2, -0.15) is 0 Å². The molecule has 0 fully saturated rings. The average Bonchev–Trinajstić information content (AvgIpc) is 2.30. The van der Waals surface area contributed by atoms with Crippen LogP contribution in [0.1, 0.15) is 25.8 Å². The van der Waals surface area contributed by atoms with Crippen LogP contribution in [0.25, 0.3) is 0 Å². The molecule has 0 bridgehead atoms. The number of urea groups is 1. The number of aliphatic carboxylic acids is 1. The van der Waals surface area contributed by atoms with Crippen LogP contribution in [-0.4, -0.2) is 23.7 Å². The Morgan fingerprint density at radius 3 is 2.58 bits per heavy atom. The molecule has 2 amide bonds. The van der Waals surface area contributed by atoms with E-state index in [9.17, 15) is 9.59 Å². The van der Waals surface area contributed by atoms with Crippen molar-refractivity contribution in [2.75, 3.05) is 11.9 Å². The first kappa shape index (κ1) is 15.0. The van der Waals surface area contributed by atoms with Crippen molar-refractivity contribution in [1.29, 1.82) is 0 Å². The van der Waals surface area contributed by atoms with Crippen LogP contribution >= 0.6 is 0 Å². The summed E-state index contributed by atoms with van der Waals surface area (Å²) >= 11 is 0. The molecule has 0 aliphatic heterocycles. The summed E-state index contributed by atoms with van der Waals surface area (Å²) < 4.78 is 0. The fraction of sp³-hybridized carbons (Fsp3) is 0.429. The minimum Gasteiger partial charge on any atom is -0.481 e. The first-order chi connectivity index (χ1) is 8.99. The molecule has 0 spiro atoms. The number of carboxylic acids is 1. The van der Waals surface area contributed by atoms with Crippen LogP contribution < -0.4 is 10.6 Å². The van der Waals surface area contributed by atoms with E-state index in [1.807, 2.05) is 0 Å². The van der Waals surface area contributed by atoms with Gasteiger partial charge in [-0.25, -0.2) is 4.79 Å². The smallest absolute Gasteiger partial charge is 0.319 e. The molecule has 5 nitrogen and oxygen atoms in total. The van der Waals surface area contributed by atoms with Crippen LogP contribution in [0.5, 0.6) is 0 Å². The number of hydrogen-bond acceptors (Lipinski definition) is 2. The highest BCUT2D eigenvalue weighted by molar-refractivity contribution is 5.90.